The van der Waals surface area contributed by atoms with Crippen molar-refractivity contribution in [1.29, 1.82) is 0 Å². The molecule has 130 valence electrons. The third kappa shape index (κ3) is 3.99. The van der Waals surface area contributed by atoms with E-state index in [-0.39, 0.29) is 24.4 Å². The Kier molecular flexibility index (Phi) is 5.23. The predicted octanol–water partition coefficient (Wildman–Crippen LogP) is 2.58. The molecule has 24 heavy (non-hydrogen) atoms. The number of hydrogen-bond acceptors (Lipinski definition) is 4. The molecule has 1 aliphatic carbocycles. The zero-order valence-electron chi connectivity index (χ0n) is 14.0. The highest BCUT2D eigenvalue weighted by Crippen LogP contribution is 2.32. The lowest BCUT2D eigenvalue weighted by molar-refractivity contribution is -0.135. The molecule has 1 N–H and O–H groups in total. The van der Waals surface area contributed by atoms with Crippen LogP contribution in [0.1, 0.15) is 39.0 Å². The van der Waals surface area contributed by atoms with Crippen molar-refractivity contribution in [2.45, 2.75) is 45.1 Å². The third-order valence-corrected chi connectivity index (χ3v) is 4.56. The van der Waals surface area contributed by atoms with E-state index >= 15 is 0 Å². The molecule has 1 aliphatic heterocycles. The SMILES string of the molecule is CC(=O)N(CC(=O)Nc1ccc2c(c1)OCCO2)C1CCCCC1. The summed E-state index contributed by atoms with van der Waals surface area (Å²) in [5, 5.41) is 2.85. The van der Waals surface area contributed by atoms with Gasteiger partial charge in [-0.15, -0.1) is 0 Å². The Morgan fingerprint density at radius 3 is 2.54 bits per heavy atom. The van der Waals surface area contributed by atoms with Gasteiger partial charge < -0.3 is 19.7 Å². The Bertz CT molecular complexity index is 611. The zero-order valence-corrected chi connectivity index (χ0v) is 14.0. The van der Waals surface area contributed by atoms with Crippen LogP contribution in [0.4, 0.5) is 5.69 Å². The van der Waals surface area contributed by atoms with Crippen molar-refractivity contribution in [3.63, 3.8) is 0 Å². The number of anilines is 1. The second kappa shape index (κ2) is 7.55. The monoisotopic (exact) mass is 332 g/mol. The standard InChI is InChI=1S/C18H24N2O4/c1-13(21)20(15-5-3-2-4-6-15)12-18(22)19-14-7-8-16-17(11-14)24-10-9-23-16/h7-8,11,15H,2-6,9-10,12H2,1H3,(H,19,22). The molecule has 6 nitrogen and oxygen atoms in total. The summed E-state index contributed by atoms with van der Waals surface area (Å²) < 4.78 is 11.0. The van der Waals surface area contributed by atoms with Crippen molar-refractivity contribution in [3.05, 3.63) is 18.2 Å². The smallest absolute Gasteiger partial charge is 0.244 e. The second-order valence-electron chi connectivity index (χ2n) is 6.35. The molecule has 1 aromatic carbocycles. The van der Waals surface area contributed by atoms with Crippen LogP contribution in [-0.4, -0.2) is 42.5 Å². The van der Waals surface area contributed by atoms with Gasteiger partial charge in [0, 0.05) is 24.7 Å². The molecule has 0 atom stereocenters. The largest absolute Gasteiger partial charge is 0.486 e. The van der Waals surface area contributed by atoms with Crippen LogP contribution in [0.3, 0.4) is 0 Å². The molecule has 1 fully saturated rings. The maximum absolute atomic E-state index is 12.4. The summed E-state index contributed by atoms with van der Waals surface area (Å²) in [6.45, 7) is 2.66. The number of carbonyl (C=O) groups excluding carboxylic acids is 2. The van der Waals surface area contributed by atoms with Crippen LogP contribution in [-0.2, 0) is 9.59 Å². The Labute approximate surface area is 142 Å². The molecule has 0 saturated heterocycles. The van der Waals surface area contributed by atoms with Crippen molar-refractivity contribution >= 4 is 17.5 Å². The molecular formula is C18H24N2O4. The summed E-state index contributed by atoms with van der Waals surface area (Å²) in [7, 11) is 0. The van der Waals surface area contributed by atoms with E-state index in [0.717, 1.165) is 25.7 Å². The van der Waals surface area contributed by atoms with Crippen molar-refractivity contribution in [1.82, 2.24) is 4.90 Å². The van der Waals surface area contributed by atoms with Crippen LogP contribution < -0.4 is 14.8 Å². The van der Waals surface area contributed by atoms with Gasteiger partial charge in [-0.05, 0) is 25.0 Å². The van der Waals surface area contributed by atoms with Crippen LogP contribution in [0.25, 0.3) is 0 Å². The molecule has 0 unspecified atom stereocenters. The van der Waals surface area contributed by atoms with E-state index in [2.05, 4.69) is 5.32 Å². The topological polar surface area (TPSA) is 67.9 Å². The van der Waals surface area contributed by atoms with E-state index < -0.39 is 0 Å². The molecule has 1 saturated carbocycles. The molecular weight excluding hydrogens is 308 g/mol. The number of carbonyl (C=O) groups is 2. The number of ether oxygens (including phenoxy) is 2. The first-order valence-corrected chi connectivity index (χ1v) is 8.60. The second-order valence-corrected chi connectivity index (χ2v) is 6.35. The van der Waals surface area contributed by atoms with Crippen LogP contribution in [0, 0.1) is 0 Å². The Morgan fingerprint density at radius 1 is 1.12 bits per heavy atom. The normalized spacial score (nSPS) is 17.2. The maximum Gasteiger partial charge on any atom is 0.244 e. The van der Waals surface area contributed by atoms with E-state index in [1.807, 2.05) is 0 Å². The zero-order chi connectivity index (χ0) is 16.9. The fourth-order valence-corrected chi connectivity index (χ4v) is 3.37. The Hall–Kier alpha value is -2.24. The minimum atomic E-state index is -0.188. The van der Waals surface area contributed by atoms with Crippen molar-refractivity contribution < 1.29 is 19.1 Å². The molecule has 6 heteroatoms. The van der Waals surface area contributed by atoms with Crippen molar-refractivity contribution in [3.8, 4) is 11.5 Å². The molecule has 0 aromatic heterocycles. The van der Waals surface area contributed by atoms with Gasteiger partial charge in [-0.2, -0.15) is 0 Å². The number of amides is 2. The van der Waals surface area contributed by atoms with E-state index in [4.69, 9.17) is 9.47 Å². The molecule has 0 radical (unpaired) electrons. The molecule has 1 aromatic rings. The van der Waals surface area contributed by atoms with Crippen LogP contribution >= 0.6 is 0 Å². The minimum absolute atomic E-state index is 0.0424. The fraction of sp³-hybridized carbons (Fsp3) is 0.556. The van der Waals surface area contributed by atoms with E-state index in [0.29, 0.717) is 30.4 Å². The lowest BCUT2D eigenvalue weighted by atomic mass is 9.94. The average Bonchev–Trinajstić information content (AvgIpc) is 2.60. The summed E-state index contributed by atoms with van der Waals surface area (Å²) in [6, 6.07) is 5.51. The Balaban J connectivity index is 1.62. The number of benzene rings is 1. The number of fused-ring (bicyclic) bond motifs is 1. The highest BCUT2D eigenvalue weighted by Gasteiger charge is 2.25. The number of rotatable bonds is 4. The lowest BCUT2D eigenvalue weighted by Gasteiger charge is -2.33. The van der Waals surface area contributed by atoms with E-state index in [1.54, 1.807) is 23.1 Å². The van der Waals surface area contributed by atoms with Gasteiger partial charge >= 0.3 is 0 Å². The first kappa shape index (κ1) is 16.6. The van der Waals surface area contributed by atoms with E-state index in [1.165, 1.54) is 13.3 Å². The lowest BCUT2D eigenvalue weighted by Crippen LogP contribution is -2.44. The van der Waals surface area contributed by atoms with Crippen molar-refractivity contribution in [2.75, 3.05) is 25.1 Å². The molecule has 3 rings (SSSR count). The van der Waals surface area contributed by atoms with Gasteiger partial charge in [0.2, 0.25) is 11.8 Å². The average molecular weight is 332 g/mol. The highest BCUT2D eigenvalue weighted by molar-refractivity contribution is 5.94. The van der Waals surface area contributed by atoms with Crippen LogP contribution in [0.15, 0.2) is 18.2 Å². The summed E-state index contributed by atoms with van der Waals surface area (Å²) >= 11 is 0. The molecule has 0 spiro atoms. The first-order valence-electron chi connectivity index (χ1n) is 8.60. The van der Waals surface area contributed by atoms with Gasteiger partial charge in [-0.1, -0.05) is 19.3 Å². The van der Waals surface area contributed by atoms with Crippen molar-refractivity contribution in [2.24, 2.45) is 0 Å². The summed E-state index contributed by atoms with van der Waals surface area (Å²) in [5.41, 5.74) is 0.649. The minimum Gasteiger partial charge on any atom is -0.486 e. The van der Waals surface area contributed by atoms with Gasteiger partial charge in [0.15, 0.2) is 11.5 Å². The van der Waals surface area contributed by atoms with Gasteiger partial charge in [-0.25, -0.2) is 0 Å². The van der Waals surface area contributed by atoms with Gasteiger partial charge in [0.25, 0.3) is 0 Å². The maximum atomic E-state index is 12.4. The molecule has 0 bridgehead atoms. The number of nitrogens with zero attached hydrogens (tertiary/aromatic N) is 1. The summed E-state index contributed by atoms with van der Waals surface area (Å²) in [5.74, 6) is 1.09. The quantitative estimate of drug-likeness (QED) is 0.920. The number of nitrogens with one attached hydrogen (secondary N) is 1. The molecule has 2 amide bonds. The first-order chi connectivity index (χ1) is 11.6. The van der Waals surface area contributed by atoms with Gasteiger partial charge in [0.1, 0.15) is 19.8 Å². The predicted molar refractivity (Wildman–Crippen MR) is 90.3 cm³/mol. The van der Waals surface area contributed by atoms with Crippen LogP contribution in [0.2, 0.25) is 0 Å². The summed E-state index contributed by atoms with van der Waals surface area (Å²) in [4.78, 5) is 26.0. The summed E-state index contributed by atoms with van der Waals surface area (Å²) in [6.07, 6.45) is 5.43. The molecule has 1 heterocycles. The fourth-order valence-electron chi connectivity index (χ4n) is 3.37. The molecule has 2 aliphatic rings. The van der Waals surface area contributed by atoms with Crippen LogP contribution in [0.5, 0.6) is 11.5 Å². The van der Waals surface area contributed by atoms with Gasteiger partial charge in [-0.3, -0.25) is 9.59 Å². The van der Waals surface area contributed by atoms with Gasteiger partial charge in [0.05, 0.1) is 0 Å². The Morgan fingerprint density at radius 2 is 1.83 bits per heavy atom. The number of hydrogen-bond donors (Lipinski definition) is 1. The van der Waals surface area contributed by atoms with E-state index in [9.17, 15) is 9.59 Å². The third-order valence-electron chi connectivity index (χ3n) is 4.56. The highest BCUT2D eigenvalue weighted by atomic mass is 16.6.